The highest BCUT2D eigenvalue weighted by molar-refractivity contribution is 6.75. The summed E-state index contributed by atoms with van der Waals surface area (Å²) in [6, 6.07) is 2.10. The average Bonchev–Trinajstić information content (AvgIpc) is 2.41. The highest BCUT2D eigenvalue weighted by Crippen LogP contribution is 2.48. The molecule has 1 aromatic carbocycles. The number of rotatable bonds is 5. The Hall–Kier alpha value is -0.946. The second-order valence-corrected chi connectivity index (χ2v) is 19.9. The number of methoxy groups -OCH3 is 1. The number of hydrogen-bond donors (Lipinski definition) is 0. The minimum atomic E-state index is -1.99. The molecule has 1 aromatic rings. The van der Waals surface area contributed by atoms with E-state index in [-0.39, 0.29) is 10.1 Å². The summed E-state index contributed by atoms with van der Waals surface area (Å²) < 4.78 is 19.1. The zero-order valence-corrected chi connectivity index (χ0v) is 21.3. The molecule has 0 aliphatic rings. The number of ether oxygens (including phenoxy) is 1. The SMILES string of the molecule is COc1c(O[Si](C)(C)C(C)(C)C)cc(C)c(C)c1O[Si](C)(C)C(C)(C)C. The fourth-order valence-corrected chi connectivity index (χ4v) is 4.13. The van der Waals surface area contributed by atoms with Crippen molar-refractivity contribution in [3.8, 4) is 17.2 Å². The van der Waals surface area contributed by atoms with Crippen LogP contribution >= 0.6 is 0 Å². The maximum Gasteiger partial charge on any atom is 0.250 e. The van der Waals surface area contributed by atoms with Gasteiger partial charge in [0.15, 0.2) is 11.5 Å². The fourth-order valence-electron chi connectivity index (χ4n) is 2.06. The van der Waals surface area contributed by atoms with E-state index in [1.54, 1.807) is 7.11 Å². The molecule has 0 saturated heterocycles. The molecule has 0 unspecified atom stereocenters. The number of benzene rings is 1. The smallest absolute Gasteiger partial charge is 0.250 e. The van der Waals surface area contributed by atoms with Crippen molar-refractivity contribution in [1.82, 2.24) is 0 Å². The summed E-state index contributed by atoms with van der Waals surface area (Å²) in [6.07, 6.45) is 0. The largest absolute Gasteiger partial charge is 0.541 e. The Morgan fingerprint density at radius 2 is 1.15 bits per heavy atom. The normalized spacial score (nSPS) is 13.6. The van der Waals surface area contributed by atoms with Crippen molar-refractivity contribution in [1.29, 1.82) is 0 Å². The molecule has 0 saturated carbocycles. The molecule has 0 atom stereocenters. The van der Waals surface area contributed by atoms with Gasteiger partial charge in [-0.15, -0.1) is 0 Å². The fraction of sp³-hybridized carbons (Fsp3) is 0.714. The van der Waals surface area contributed by atoms with E-state index in [0.717, 1.165) is 22.8 Å². The van der Waals surface area contributed by atoms with Gasteiger partial charge in [0.25, 0.3) is 16.6 Å². The van der Waals surface area contributed by atoms with E-state index in [1.165, 1.54) is 5.56 Å². The van der Waals surface area contributed by atoms with Crippen molar-refractivity contribution >= 4 is 16.6 Å². The lowest BCUT2D eigenvalue weighted by Crippen LogP contribution is -2.45. The zero-order chi connectivity index (χ0) is 20.7. The van der Waals surface area contributed by atoms with Crippen molar-refractivity contribution in [2.24, 2.45) is 0 Å². The van der Waals surface area contributed by atoms with Crippen LogP contribution in [-0.2, 0) is 0 Å². The van der Waals surface area contributed by atoms with Crippen LogP contribution in [0.4, 0.5) is 0 Å². The molecule has 0 amide bonds. The number of hydrogen-bond acceptors (Lipinski definition) is 3. The van der Waals surface area contributed by atoms with Gasteiger partial charge in [-0.2, -0.15) is 0 Å². The van der Waals surface area contributed by atoms with Gasteiger partial charge in [-0.05, 0) is 67.3 Å². The molecule has 1 rings (SSSR count). The Balaban J connectivity index is 3.52. The lowest BCUT2D eigenvalue weighted by Gasteiger charge is -2.39. The predicted octanol–water partition coefficient (Wildman–Crippen LogP) is 7.08. The quantitative estimate of drug-likeness (QED) is 0.498. The van der Waals surface area contributed by atoms with Crippen LogP contribution in [0.25, 0.3) is 0 Å². The summed E-state index contributed by atoms with van der Waals surface area (Å²) in [5, 5.41) is 0.242. The first-order valence-corrected chi connectivity index (χ1v) is 15.3. The molecule has 0 aliphatic carbocycles. The summed E-state index contributed by atoms with van der Waals surface area (Å²) in [6.45, 7) is 26.8. The standard InChI is InChI=1S/C21H40O3Si2/c1-15-14-17(23-25(10,11)20(3,4)5)19(22-9)18(16(15)2)24-26(12,13)21(6,7)8/h14H,1-13H3. The van der Waals surface area contributed by atoms with Gasteiger partial charge in [-0.25, -0.2) is 0 Å². The van der Waals surface area contributed by atoms with Gasteiger partial charge < -0.3 is 13.6 Å². The summed E-state index contributed by atoms with van der Waals surface area (Å²) >= 11 is 0. The highest BCUT2D eigenvalue weighted by atomic mass is 28.4. The first-order chi connectivity index (χ1) is 11.4. The van der Waals surface area contributed by atoms with Gasteiger partial charge >= 0.3 is 0 Å². The molecule has 0 heterocycles. The lowest BCUT2D eigenvalue weighted by molar-refractivity contribution is 0.362. The minimum Gasteiger partial charge on any atom is -0.541 e. The Kier molecular flexibility index (Phi) is 6.42. The second kappa shape index (κ2) is 7.23. The third kappa shape index (κ3) is 4.66. The average molecular weight is 397 g/mol. The van der Waals surface area contributed by atoms with Gasteiger partial charge in [-0.3, -0.25) is 0 Å². The summed E-state index contributed by atoms with van der Waals surface area (Å²) in [5.41, 5.74) is 2.31. The predicted molar refractivity (Wildman–Crippen MR) is 118 cm³/mol. The highest BCUT2D eigenvalue weighted by Gasteiger charge is 2.42. The Bertz CT molecular complexity index is 651. The Labute approximate surface area is 163 Å². The molecule has 0 aliphatic heterocycles. The van der Waals surface area contributed by atoms with Crippen LogP contribution < -0.4 is 13.6 Å². The molecule has 0 bridgehead atoms. The van der Waals surface area contributed by atoms with Crippen LogP contribution in [0.1, 0.15) is 52.7 Å². The topological polar surface area (TPSA) is 27.7 Å². The maximum absolute atomic E-state index is 6.69. The third-order valence-electron chi connectivity index (χ3n) is 6.25. The van der Waals surface area contributed by atoms with Crippen molar-refractivity contribution in [3.63, 3.8) is 0 Å². The first kappa shape index (κ1) is 23.1. The van der Waals surface area contributed by atoms with E-state index >= 15 is 0 Å². The van der Waals surface area contributed by atoms with E-state index < -0.39 is 16.6 Å². The Morgan fingerprint density at radius 3 is 1.54 bits per heavy atom. The minimum absolute atomic E-state index is 0.120. The molecule has 26 heavy (non-hydrogen) atoms. The van der Waals surface area contributed by atoms with E-state index in [4.69, 9.17) is 13.6 Å². The summed E-state index contributed by atoms with van der Waals surface area (Å²) in [5.74, 6) is 2.41. The molecular formula is C21H40O3Si2. The zero-order valence-electron chi connectivity index (χ0n) is 19.3. The maximum atomic E-state index is 6.69. The van der Waals surface area contributed by atoms with E-state index in [2.05, 4.69) is 87.6 Å². The summed E-state index contributed by atoms with van der Waals surface area (Å²) in [4.78, 5) is 0. The number of aryl methyl sites for hydroxylation is 1. The van der Waals surface area contributed by atoms with Gasteiger partial charge in [0.05, 0.1) is 7.11 Å². The Morgan fingerprint density at radius 1 is 0.731 bits per heavy atom. The first-order valence-electron chi connectivity index (χ1n) is 9.51. The second-order valence-electron chi connectivity index (χ2n) is 10.4. The van der Waals surface area contributed by atoms with Gasteiger partial charge in [0, 0.05) is 0 Å². The molecule has 0 radical (unpaired) electrons. The molecule has 0 aromatic heterocycles. The van der Waals surface area contributed by atoms with Crippen LogP contribution in [0.15, 0.2) is 6.07 Å². The molecule has 0 N–H and O–H groups in total. The molecular weight excluding hydrogens is 356 g/mol. The van der Waals surface area contributed by atoms with E-state index in [0.29, 0.717) is 0 Å². The van der Waals surface area contributed by atoms with E-state index in [1.807, 2.05) is 0 Å². The monoisotopic (exact) mass is 396 g/mol. The van der Waals surface area contributed by atoms with Crippen LogP contribution in [0.5, 0.6) is 17.2 Å². The third-order valence-corrected chi connectivity index (χ3v) is 14.9. The lowest BCUT2D eigenvalue weighted by atomic mass is 10.1. The van der Waals surface area contributed by atoms with Gasteiger partial charge in [0.2, 0.25) is 5.75 Å². The molecule has 0 spiro atoms. The van der Waals surface area contributed by atoms with Crippen LogP contribution in [-0.4, -0.2) is 23.7 Å². The molecule has 0 fully saturated rings. The van der Waals surface area contributed by atoms with Crippen LogP contribution in [0.2, 0.25) is 36.3 Å². The van der Waals surface area contributed by atoms with Crippen molar-refractivity contribution in [2.75, 3.05) is 7.11 Å². The van der Waals surface area contributed by atoms with Gasteiger partial charge in [-0.1, -0.05) is 41.5 Å². The molecule has 5 heteroatoms. The van der Waals surface area contributed by atoms with Crippen LogP contribution in [0.3, 0.4) is 0 Å². The molecule has 150 valence electrons. The van der Waals surface area contributed by atoms with Crippen molar-refractivity contribution < 1.29 is 13.6 Å². The van der Waals surface area contributed by atoms with Crippen LogP contribution in [0, 0.1) is 13.8 Å². The molecule has 3 nitrogen and oxygen atoms in total. The van der Waals surface area contributed by atoms with Crippen molar-refractivity contribution in [2.45, 2.75) is 91.7 Å². The van der Waals surface area contributed by atoms with Gasteiger partial charge in [0.1, 0.15) is 0 Å². The van der Waals surface area contributed by atoms with E-state index in [9.17, 15) is 0 Å². The van der Waals surface area contributed by atoms with Crippen molar-refractivity contribution in [3.05, 3.63) is 17.2 Å². The summed E-state index contributed by atoms with van der Waals surface area (Å²) in [7, 11) is -2.26.